The molecule has 5 heteroatoms. The van der Waals surface area contributed by atoms with E-state index >= 15 is 0 Å². The van der Waals surface area contributed by atoms with Crippen molar-refractivity contribution in [1.82, 2.24) is 0 Å². The molecule has 0 aliphatic heterocycles. The van der Waals surface area contributed by atoms with Crippen LogP contribution in [-0.4, -0.2) is 12.9 Å². The fourth-order valence-electron chi connectivity index (χ4n) is 1.99. The highest BCUT2D eigenvalue weighted by Gasteiger charge is 2.08. The Labute approximate surface area is 132 Å². The van der Waals surface area contributed by atoms with E-state index in [2.05, 4.69) is 15.9 Å². The second kappa shape index (κ2) is 6.63. The van der Waals surface area contributed by atoms with Crippen molar-refractivity contribution in [2.24, 2.45) is 5.73 Å². The third-order valence-corrected chi connectivity index (χ3v) is 3.60. The molecule has 4 nitrogen and oxygen atoms in total. The Morgan fingerprint density at radius 1 is 1.19 bits per heavy atom. The molecule has 2 aromatic carbocycles. The van der Waals surface area contributed by atoms with Crippen molar-refractivity contribution >= 4 is 21.8 Å². The Hall–Kier alpha value is -2.01. The molecule has 3 N–H and O–H groups in total. The van der Waals surface area contributed by atoms with E-state index in [1.807, 2.05) is 31.2 Å². The van der Waals surface area contributed by atoms with Gasteiger partial charge in [-0.15, -0.1) is 0 Å². The van der Waals surface area contributed by atoms with E-state index in [-0.39, 0.29) is 5.84 Å². The van der Waals surface area contributed by atoms with E-state index < -0.39 is 0 Å². The Bertz CT molecular complexity index is 671. The van der Waals surface area contributed by atoms with Gasteiger partial charge >= 0.3 is 0 Å². The second-order valence-corrected chi connectivity index (χ2v) is 5.55. The highest BCUT2D eigenvalue weighted by atomic mass is 79.9. The van der Waals surface area contributed by atoms with Gasteiger partial charge in [-0.3, -0.25) is 5.41 Å². The van der Waals surface area contributed by atoms with E-state index in [1.165, 1.54) is 0 Å². The second-order valence-electron chi connectivity index (χ2n) is 4.64. The van der Waals surface area contributed by atoms with Gasteiger partial charge in [0.05, 0.1) is 7.11 Å². The molecule has 0 unspecified atom stereocenters. The van der Waals surface area contributed by atoms with E-state index in [9.17, 15) is 0 Å². The molecule has 0 radical (unpaired) electrons. The number of methoxy groups -OCH3 is 1. The van der Waals surface area contributed by atoms with Gasteiger partial charge in [0.15, 0.2) is 0 Å². The number of nitrogens with one attached hydrogen (secondary N) is 1. The Balaban J connectivity index is 2.22. The summed E-state index contributed by atoms with van der Waals surface area (Å²) in [5, 5.41) is 7.50. The smallest absolute Gasteiger partial charge is 0.125 e. The summed E-state index contributed by atoms with van der Waals surface area (Å²) >= 11 is 3.43. The minimum absolute atomic E-state index is 0.0266. The summed E-state index contributed by atoms with van der Waals surface area (Å²) in [5.74, 6) is 1.56. The van der Waals surface area contributed by atoms with Gasteiger partial charge in [0.1, 0.15) is 23.9 Å². The summed E-state index contributed by atoms with van der Waals surface area (Å²) in [7, 11) is 1.61. The van der Waals surface area contributed by atoms with Crippen LogP contribution in [0, 0.1) is 12.3 Å². The molecule has 0 bridgehead atoms. The zero-order valence-corrected chi connectivity index (χ0v) is 13.5. The average Bonchev–Trinajstić information content (AvgIpc) is 2.46. The van der Waals surface area contributed by atoms with Crippen molar-refractivity contribution in [1.29, 1.82) is 5.41 Å². The first-order chi connectivity index (χ1) is 10.0. The third-order valence-electron chi connectivity index (χ3n) is 3.11. The van der Waals surface area contributed by atoms with Crippen LogP contribution in [0.5, 0.6) is 11.5 Å². The highest BCUT2D eigenvalue weighted by Crippen LogP contribution is 2.25. The standard InChI is InChI=1S/C16H17BrN2O2/c1-10-7-13(17)4-6-14(10)21-9-12-8-11(16(18)19)3-5-15(12)20-2/h3-8H,9H2,1-2H3,(H3,18,19). The van der Waals surface area contributed by atoms with Gasteiger partial charge in [0, 0.05) is 15.6 Å². The van der Waals surface area contributed by atoms with Crippen LogP contribution in [0.4, 0.5) is 0 Å². The number of rotatable bonds is 5. The number of hydrogen-bond acceptors (Lipinski definition) is 3. The van der Waals surface area contributed by atoms with Crippen LogP contribution < -0.4 is 15.2 Å². The molecular weight excluding hydrogens is 332 g/mol. The quantitative estimate of drug-likeness (QED) is 0.640. The zero-order chi connectivity index (χ0) is 15.4. The van der Waals surface area contributed by atoms with Gasteiger partial charge < -0.3 is 15.2 Å². The molecule has 110 valence electrons. The zero-order valence-electron chi connectivity index (χ0n) is 11.9. The molecule has 0 spiro atoms. The van der Waals surface area contributed by atoms with Crippen molar-refractivity contribution < 1.29 is 9.47 Å². The maximum absolute atomic E-state index is 7.50. The Kier molecular flexibility index (Phi) is 4.85. The van der Waals surface area contributed by atoms with Crippen LogP contribution in [0.15, 0.2) is 40.9 Å². The van der Waals surface area contributed by atoms with Gasteiger partial charge in [-0.2, -0.15) is 0 Å². The molecule has 0 heterocycles. The molecular formula is C16H17BrN2O2. The normalized spacial score (nSPS) is 10.2. The fourth-order valence-corrected chi connectivity index (χ4v) is 2.46. The monoisotopic (exact) mass is 348 g/mol. The number of nitrogens with two attached hydrogens (primary N) is 1. The van der Waals surface area contributed by atoms with E-state index in [0.29, 0.717) is 12.2 Å². The molecule has 0 amide bonds. The lowest BCUT2D eigenvalue weighted by molar-refractivity contribution is 0.295. The summed E-state index contributed by atoms with van der Waals surface area (Å²) in [6, 6.07) is 11.2. The summed E-state index contributed by atoms with van der Waals surface area (Å²) < 4.78 is 12.2. The van der Waals surface area contributed by atoms with Crippen molar-refractivity contribution in [2.75, 3.05) is 7.11 Å². The van der Waals surface area contributed by atoms with E-state index in [4.69, 9.17) is 20.6 Å². The number of hydrogen-bond donors (Lipinski definition) is 2. The molecule has 0 atom stereocenters. The maximum Gasteiger partial charge on any atom is 0.125 e. The van der Waals surface area contributed by atoms with E-state index in [1.54, 1.807) is 19.2 Å². The molecule has 21 heavy (non-hydrogen) atoms. The molecule has 2 aromatic rings. The molecule has 0 aromatic heterocycles. The fraction of sp³-hybridized carbons (Fsp3) is 0.188. The molecule has 0 aliphatic rings. The summed E-state index contributed by atoms with van der Waals surface area (Å²) in [6.45, 7) is 2.34. The number of nitrogen functional groups attached to an aromatic ring is 1. The number of ether oxygens (including phenoxy) is 2. The largest absolute Gasteiger partial charge is 0.496 e. The predicted octanol–water partition coefficient (Wildman–Crippen LogP) is 3.63. The SMILES string of the molecule is COc1ccc(C(=N)N)cc1COc1ccc(Br)cc1C. The van der Waals surface area contributed by atoms with Crippen LogP contribution in [-0.2, 0) is 6.61 Å². The van der Waals surface area contributed by atoms with Crippen LogP contribution in [0.2, 0.25) is 0 Å². The number of halogens is 1. The highest BCUT2D eigenvalue weighted by molar-refractivity contribution is 9.10. The van der Waals surface area contributed by atoms with Crippen molar-refractivity contribution in [2.45, 2.75) is 13.5 Å². The number of amidine groups is 1. The first-order valence-electron chi connectivity index (χ1n) is 6.41. The minimum Gasteiger partial charge on any atom is -0.496 e. The first kappa shape index (κ1) is 15.4. The lowest BCUT2D eigenvalue weighted by Crippen LogP contribution is -2.12. The summed E-state index contributed by atoms with van der Waals surface area (Å²) in [4.78, 5) is 0. The van der Waals surface area contributed by atoms with E-state index in [0.717, 1.165) is 27.1 Å². The molecule has 0 saturated heterocycles. The number of benzene rings is 2. The van der Waals surface area contributed by atoms with Crippen LogP contribution >= 0.6 is 15.9 Å². The van der Waals surface area contributed by atoms with Gasteiger partial charge in [-0.25, -0.2) is 0 Å². The Morgan fingerprint density at radius 3 is 2.52 bits per heavy atom. The first-order valence-corrected chi connectivity index (χ1v) is 7.21. The molecule has 0 fully saturated rings. The van der Waals surface area contributed by atoms with Crippen molar-refractivity contribution in [3.63, 3.8) is 0 Å². The van der Waals surface area contributed by atoms with Gasteiger partial charge in [0.25, 0.3) is 0 Å². The molecule has 2 rings (SSSR count). The van der Waals surface area contributed by atoms with Crippen LogP contribution in [0.25, 0.3) is 0 Å². The van der Waals surface area contributed by atoms with Gasteiger partial charge in [0.2, 0.25) is 0 Å². The summed E-state index contributed by atoms with van der Waals surface area (Å²) in [5.41, 5.74) is 8.07. The van der Waals surface area contributed by atoms with Gasteiger partial charge in [-0.1, -0.05) is 15.9 Å². The predicted molar refractivity (Wildman–Crippen MR) is 87.2 cm³/mol. The Morgan fingerprint density at radius 2 is 1.90 bits per heavy atom. The van der Waals surface area contributed by atoms with Crippen LogP contribution in [0.1, 0.15) is 16.7 Å². The summed E-state index contributed by atoms with van der Waals surface area (Å²) in [6.07, 6.45) is 0. The molecule has 0 aliphatic carbocycles. The maximum atomic E-state index is 7.50. The van der Waals surface area contributed by atoms with Crippen molar-refractivity contribution in [3.05, 3.63) is 57.6 Å². The molecule has 0 saturated carbocycles. The number of aryl methyl sites for hydroxylation is 1. The topological polar surface area (TPSA) is 68.3 Å². The lowest BCUT2D eigenvalue weighted by Gasteiger charge is -2.13. The average molecular weight is 349 g/mol. The third kappa shape index (κ3) is 3.76. The van der Waals surface area contributed by atoms with Crippen molar-refractivity contribution in [3.8, 4) is 11.5 Å². The minimum atomic E-state index is 0.0266. The lowest BCUT2D eigenvalue weighted by atomic mass is 10.1. The van der Waals surface area contributed by atoms with Crippen LogP contribution in [0.3, 0.4) is 0 Å². The van der Waals surface area contributed by atoms with Gasteiger partial charge in [-0.05, 0) is 48.9 Å².